The van der Waals surface area contributed by atoms with E-state index in [2.05, 4.69) is 0 Å². The second-order valence-electron chi connectivity index (χ2n) is 4.50. The minimum Gasteiger partial charge on any atom is -0.269 e. The summed E-state index contributed by atoms with van der Waals surface area (Å²) in [5.41, 5.74) is 1.05. The van der Waals surface area contributed by atoms with E-state index in [1.807, 2.05) is 10.8 Å². The SMILES string of the molecule is N#Cc1cccc(/C=C/C(=O)NS(=O)(=O)c2cccc(Cl)c2)c1. The zero-order valence-corrected chi connectivity index (χ0v) is 13.3. The van der Waals surface area contributed by atoms with Crippen molar-refractivity contribution in [3.05, 3.63) is 70.8 Å². The average Bonchev–Trinajstić information content (AvgIpc) is 2.53. The molecule has 0 saturated carbocycles. The summed E-state index contributed by atoms with van der Waals surface area (Å²) in [6.07, 6.45) is 2.50. The topological polar surface area (TPSA) is 87.0 Å². The second kappa shape index (κ2) is 7.09. The first-order chi connectivity index (χ1) is 10.9. The van der Waals surface area contributed by atoms with E-state index in [1.54, 1.807) is 24.3 Å². The van der Waals surface area contributed by atoms with Crippen LogP contribution in [0, 0.1) is 11.3 Å². The molecule has 1 N–H and O–H groups in total. The van der Waals surface area contributed by atoms with Crippen LogP contribution in [0.25, 0.3) is 6.08 Å². The summed E-state index contributed by atoms with van der Waals surface area (Å²) in [4.78, 5) is 11.7. The second-order valence-corrected chi connectivity index (χ2v) is 6.62. The van der Waals surface area contributed by atoms with Crippen LogP contribution in [0.5, 0.6) is 0 Å². The maximum absolute atomic E-state index is 12.0. The van der Waals surface area contributed by atoms with Crippen LogP contribution < -0.4 is 4.72 Å². The molecule has 0 bridgehead atoms. The number of carbonyl (C=O) groups is 1. The quantitative estimate of drug-likeness (QED) is 0.862. The van der Waals surface area contributed by atoms with Crippen molar-refractivity contribution in [2.24, 2.45) is 0 Å². The minimum absolute atomic E-state index is 0.0989. The standard InChI is InChI=1S/C16H11ClN2O3S/c17-14-5-2-6-15(10-14)23(21,22)19-16(20)8-7-12-3-1-4-13(9-12)11-18/h1-10H,(H,19,20)/b8-7+. The van der Waals surface area contributed by atoms with Crippen LogP contribution in [0.3, 0.4) is 0 Å². The molecule has 0 radical (unpaired) electrons. The van der Waals surface area contributed by atoms with Gasteiger partial charge >= 0.3 is 0 Å². The van der Waals surface area contributed by atoms with E-state index in [4.69, 9.17) is 16.9 Å². The van der Waals surface area contributed by atoms with E-state index in [0.29, 0.717) is 11.1 Å². The lowest BCUT2D eigenvalue weighted by atomic mass is 10.1. The van der Waals surface area contributed by atoms with Gasteiger partial charge in [-0.15, -0.1) is 0 Å². The van der Waals surface area contributed by atoms with Crippen LogP contribution >= 0.6 is 11.6 Å². The van der Waals surface area contributed by atoms with Gasteiger partial charge in [0.05, 0.1) is 16.5 Å². The first-order valence-electron chi connectivity index (χ1n) is 6.41. The van der Waals surface area contributed by atoms with E-state index in [-0.39, 0.29) is 9.92 Å². The van der Waals surface area contributed by atoms with Crippen LogP contribution in [-0.4, -0.2) is 14.3 Å². The van der Waals surface area contributed by atoms with Crippen LogP contribution in [0.2, 0.25) is 5.02 Å². The Morgan fingerprint density at radius 3 is 2.61 bits per heavy atom. The summed E-state index contributed by atoms with van der Waals surface area (Å²) >= 11 is 5.74. The van der Waals surface area contributed by atoms with Crippen LogP contribution in [-0.2, 0) is 14.8 Å². The first-order valence-corrected chi connectivity index (χ1v) is 8.27. The molecule has 0 saturated heterocycles. The fourth-order valence-electron chi connectivity index (χ4n) is 1.74. The number of benzene rings is 2. The monoisotopic (exact) mass is 346 g/mol. The van der Waals surface area contributed by atoms with Crippen molar-refractivity contribution >= 4 is 33.6 Å². The molecular formula is C16H11ClN2O3S. The molecule has 0 aromatic heterocycles. The van der Waals surface area contributed by atoms with Crippen molar-refractivity contribution < 1.29 is 13.2 Å². The Hall–Kier alpha value is -2.62. The lowest BCUT2D eigenvalue weighted by Crippen LogP contribution is -2.28. The van der Waals surface area contributed by atoms with Gasteiger partial charge in [-0.05, 0) is 42.0 Å². The van der Waals surface area contributed by atoms with Gasteiger partial charge in [-0.2, -0.15) is 5.26 Å². The van der Waals surface area contributed by atoms with E-state index >= 15 is 0 Å². The van der Waals surface area contributed by atoms with Gasteiger partial charge in [-0.1, -0.05) is 29.8 Å². The molecule has 0 spiro atoms. The Morgan fingerprint density at radius 2 is 1.91 bits per heavy atom. The van der Waals surface area contributed by atoms with Gasteiger partial charge in [-0.25, -0.2) is 13.1 Å². The van der Waals surface area contributed by atoms with E-state index in [1.165, 1.54) is 30.3 Å². The highest BCUT2D eigenvalue weighted by atomic mass is 35.5. The molecule has 2 aromatic rings. The summed E-state index contributed by atoms with van der Waals surface area (Å²) in [5.74, 6) is -0.799. The number of carbonyl (C=O) groups excluding carboxylic acids is 1. The Balaban J connectivity index is 2.12. The Labute approximate surface area is 138 Å². The molecule has 0 heterocycles. The molecule has 2 rings (SSSR count). The van der Waals surface area contributed by atoms with Crippen molar-refractivity contribution in [3.63, 3.8) is 0 Å². The highest BCUT2D eigenvalue weighted by Crippen LogP contribution is 2.15. The third kappa shape index (κ3) is 4.68. The van der Waals surface area contributed by atoms with Crippen molar-refractivity contribution in [2.75, 3.05) is 0 Å². The Kier molecular flexibility index (Phi) is 5.16. The van der Waals surface area contributed by atoms with Gasteiger partial charge in [0, 0.05) is 11.1 Å². The molecular weight excluding hydrogens is 336 g/mol. The predicted octanol–water partition coefficient (Wildman–Crippen LogP) is 2.73. The fourth-order valence-corrected chi connectivity index (χ4v) is 2.99. The average molecular weight is 347 g/mol. The summed E-state index contributed by atoms with van der Waals surface area (Å²) in [6, 6.07) is 14.1. The number of hydrogen-bond acceptors (Lipinski definition) is 4. The van der Waals surface area contributed by atoms with E-state index in [0.717, 1.165) is 6.08 Å². The molecule has 0 aliphatic rings. The number of rotatable bonds is 4. The third-order valence-corrected chi connectivity index (χ3v) is 4.36. The van der Waals surface area contributed by atoms with Crippen molar-refractivity contribution in [2.45, 2.75) is 4.90 Å². The van der Waals surface area contributed by atoms with E-state index < -0.39 is 15.9 Å². The summed E-state index contributed by atoms with van der Waals surface area (Å²) in [5, 5.41) is 9.05. The Bertz CT molecular complexity index is 915. The highest BCUT2D eigenvalue weighted by molar-refractivity contribution is 7.90. The van der Waals surface area contributed by atoms with Crippen molar-refractivity contribution in [3.8, 4) is 6.07 Å². The lowest BCUT2D eigenvalue weighted by Gasteiger charge is -2.05. The number of halogens is 1. The molecule has 5 nitrogen and oxygen atoms in total. The number of nitrogens with one attached hydrogen (secondary N) is 1. The summed E-state index contributed by atoms with van der Waals surface area (Å²) < 4.78 is 26.0. The van der Waals surface area contributed by atoms with Crippen LogP contribution in [0.1, 0.15) is 11.1 Å². The van der Waals surface area contributed by atoms with Crippen molar-refractivity contribution in [1.82, 2.24) is 4.72 Å². The molecule has 0 aliphatic heterocycles. The number of nitriles is 1. The maximum atomic E-state index is 12.0. The lowest BCUT2D eigenvalue weighted by molar-refractivity contribution is -0.114. The third-order valence-electron chi connectivity index (χ3n) is 2.78. The maximum Gasteiger partial charge on any atom is 0.264 e. The van der Waals surface area contributed by atoms with Crippen LogP contribution in [0.4, 0.5) is 0 Å². The molecule has 0 unspecified atom stereocenters. The number of sulfonamides is 1. The molecule has 2 aromatic carbocycles. The number of hydrogen-bond donors (Lipinski definition) is 1. The summed E-state index contributed by atoms with van der Waals surface area (Å²) in [6.45, 7) is 0. The van der Waals surface area contributed by atoms with Gasteiger partial charge in [0.1, 0.15) is 0 Å². The van der Waals surface area contributed by atoms with E-state index in [9.17, 15) is 13.2 Å². The molecule has 7 heteroatoms. The molecule has 0 fully saturated rings. The van der Waals surface area contributed by atoms with Gasteiger partial charge in [0.25, 0.3) is 15.9 Å². The number of nitrogens with zero attached hydrogens (tertiary/aromatic N) is 1. The van der Waals surface area contributed by atoms with Gasteiger partial charge in [0.15, 0.2) is 0 Å². The molecule has 0 aliphatic carbocycles. The molecule has 23 heavy (non-hydrogen) atoms. The minimum atomic E-state index is -3.99. The molecule has 1 amide bonds. The van der Waals surface area contributed by atoms with Gasteiger partial charge in [-0.3, -0.25) is 4.79 Å². The number of amides is 1. The fraction of sp³-hybridized carbons (Fsp3) is 0. The van der Waals surface area contributed by atoms with Crippen molar-refractivity contribution in [1.29, 1.82) is 5.26 Å². The molecule has 0 atom stereocenters. The predicted molar refractivity (Wildman–Crippen MR) is 87.0 cm³/mol. The largest absolute Gasteiger partial charge is 0.269 e. The Morgan fingerprint density at radius 1 is 1.17 bits per heavy atom. The zero-order chi connectivity index (χ0) is 16.9. The summed E-state index contributed by atoms with van der Waals surface area (Å²) in [7, 11) is -3.99. The zero-order valence-electron chi connectivity index (χ0n) is 11.7. The highest BCUT2D eigenvalue weighted by Gasteiger charge is 2.16. The van der Waals surface area contributed by atoms with Gasteiger partial charge < -0.3 is 0 Å². The normalized spacial score (nSPS) is 11.1. The first kappa shape index (κ1) is 16.7. The molecule has 116 valence electrons. The smallest absolute Gasteiger partial charge is 0.264 e. The van der Waals surface area contributed by atoms with Crippen LogP contribution in [0.15, 0.2) is 59.5 Å². The van der Waals surface area contributed by atoms with Gasteiger partial charge in [0.2, 0.25) is 0 Å².